The van der Waals surface area contributed by atoms with Gasteiger partial charge in [-0.3, -0.25) is 0 Å². The Kier molecular flexibility index (Phi) is 5.63. The van der Waals surface area contributed by atoms with E-state index in [9.17, 15) is 0 Å². The molecule has 5 heteroatoms. The van der Waals surface area contributed by atoms with Gasteiger partial charge in [-0.2, -0.15) is 0 Å². The summed E-state index contributed by atoms with van der Waals surface area (Å²) in [6.45, 7) is 0.0148. The van der Waals surface area contributed by atoms with Crippen LogP contribution in [0.1, 0.15) is 0 Å². The van der Waals surface area contributed by atoms with Gasteiger partial charge in [0.1, 0.15) is 11.3 Å². The summed E-state index contributed by atoms with van der Waals surface area (Å²) in [5.74, 6) is 1.66. The highest BCUT2D eigenvalue weighted by Crippen LogP contribution is 2.47. The van der Waals surface area contributed by atoms with Gasteiger partial charge in [-0.05, 0) is 77.7 Å². The number of nitrogens with zero attached hydrogens (tertiary/aromatic N) is 2. The van der Waals surface area contributed by atoms with Crippen LogP contribution in [-0.2, 0) is 0 Å². The van der Waals surface area contributed by atoms with Crippen molar-refractivity contribution in [2.75, 3.05) is 9.80 Å². The summed E-state index contributed by atoms with van der Waals surface area (Å²) < 4.78 is 13.7. The van der Waals surface area contributed by atoms with Gasteiger partial charge < -0.3 is 19.0 Å². The maximum absolute atomic E-state index is 6.86. The van der Waals surface area contributed by atoms with Crippen molar-refractivity contribution in [2.24, 2.45) is 0 Å². The molecule has 10 rings (SSSR count). The summed E-state index contributed by atoms with van der Waals surface area (Å²) in [7, 11) is 0. The summed E-state index contributed by atoms with van der Waals surface area (Å²) in [6.07, 6.45) is 0. The molecule has 0 N–H and O–H groups in total. The van der Waals surface area contributed by atoms with Crippen molar-refractivity contribution in [1.29, 1.82) is 0 Å². The normalized spacial score (nSPS) is 12.8. The predicted molar refractivity (Wildman–Crippen MR) is 194 cm³/mol. The third-order valence-electron chi connectivity index (χ3n) is 9.48. The van der Waals surface area contributed by atoms with E-state index < -0.39 is 0 Å². The zero-order valence-electron chi connectivity index (χ0n) is 25.4. The number of anilines is 6. The molecule has 0 radical (unpaired) electrons. The van der Waals surface area contributed by atoms with Gasteiger partial charge in [0.2, 0.25) is 0 Å². The number of furan rings is 1. The van der Waals surface area contributed by atoms with E-state index in [2.05, 4.69) is 155 Å². The second-order valence-electron chi connectivity index (χ2n) is 12.1. The summed E-state index contributed by atoms with van der Waals surface area (Å²) in [5, 5.41) is 2.08. The van der Waals surface area contributed by atoms with Crippen LogP contribution >= 0.6 is 0 Å². The fourth-order valence-corrected chi connectivity index (χ4v) is 7.50. The molecule has 1 aromatic heterocycles. The molecule has 0 bridgehead atoms. The number of rotatable bonds is 4. The van der Waals surface area contributed by atoms with Gasteiger partial charge in [0.25, 0.3) is 6.71 Å². The Morgan fingerprint density at radius 3 is 1.89 bits per heavy atom. The lowest BCUT2D eigenvalue weighted by atomic mass is 9.34. The third-order valence-corrected chi connectivity index (χ3v) is 9.48. The molecule has 0 amide bonds. The molecule has 0 aliphatic carbocycles. The number of hydrogen-bond donors (Lipinski definition) is 0. The maximum Gasteiger partial charge on any atom is 0.256 e. The summed E-state index contributed by atoms with van der Waals surface area (Å²) in [4.78, 5) is 4.64. The zero-order chi connectivity index (χ0) is 30.9. The zero-order valence-corrected chi connectivity index (χ0v) is 25.4. The average Bonchev–Trinajstić information content (AvgIpc) is 3.51. The Balaban J connectivity index is 1.25. The molecule has 0 saturated heterocycles. The number of benzene rings is 7. The van der Waals surface area contributed by atoms with Crippen LogP contribution in [0, 0.1) is 0 Å². The smallest absolute Gasteiger partial charge is 0.256 e. The lowest BCUT2D eigenvalue weighted by molar-refractivity contribution is 0.481. The average molecular weight is 603 g/mol. The van der Waals surface area contributed by atoms with E-state index >= 15 is 0 Å². The van der Waals surface area contributed by atoms with Crippen LogP contribution in [0.25, 0.3) is 21.9 Å². The highest BCUT2D eigenvalue weighted by Gasteiger charge is 2.43. The first kappa shape index (κ1) is 26.1. The van der Waals surface area contributed by atoms with E-state index in [1.54, 1.807) is 0 Å². The largest absolute Gasteiger partial charge is 0.454 e. The van der Waals surface area contributed by atoms with Gasteiger partial charge >= 0.3 is 0 Å². The highest BCUT2D eigenvalue weighted by molar-refractivity contribution is 6.99. The van der Waals surface area contributed by atoms with Crippen molar-refractivity contribution in [1.82, 2.24) is 0 Å². The van der Waals surface area contributed by atoms with Gasteiger partial charge in [0.15, 0.2) is 11.3 Å². The topological polar surface area (TPSA) is 28.9 Å². The standard InChI is InChI=1S/C42H27BN2O2/c1-4-14-28(15-5-1)44(29-16-6-2-7-17-29)31-24-25-32-33-27-37-40-42(41(33)47-39(32)26-31)46-38-23-13-11-21-35(38)43(40)34-20-10-12-22-36(34)45(37)30-18-8-3-9-19-30/h1-27H. The van der Waals surface area contributed by atoms with E-state index in [4.69, 9.17) is 9.15 Å². The first-order chi connectivity index (χ1) is 23.3. The minimum atomic E-state index is 0.0148. The van der Waals surface area contributed by atoms with Crippen LogP contribution in [0.15, 0.2) is 168 Å². The first-order valence-electron chi connectivity index (χ1n) is 16.0. The van der Waals surface area contributed by atoms with Crippen molar-refractivity contribution >= 4 is 79.2 Å². The molecule has 2 aliphatic rings. The van der Waals surface area contributed by atoms with E-state index in [1.165, 1.54) is 16.6 Å². The quantitative estimate of drug-likeness (QED) is 0.188. The molecule has 0 saturated carbocycles. The summed E-state index contributed by atoms with van der Waals surface area (Å²) in [5.41, 5.74) is 11.7. The van der Waals surface area contributed by atoms with Crippen LogP contribution in [0.3, 0.4) is 0 Å². The predicted octanol–water partition coefficient (Wildman–Crippen LogP) is 9.46. The molecule has 7 aromatic carbocycles. The first-order valence-corrected chi connectivity index (χ1v) is 16.0. The SMILES string of the molecule is c1ccc(N(c2ccccc2)c2ccc3c(c2)oc2c4c5c(cc23)N(c2ccccc2)c2ccccc2B5c2ccccc2O4)cc1. The van der Waals surface area contributed by atoms with Crippen molar-refractivity contribution in [3.63, 3.8) is 0 Å². The molecule has 0 fully saturated rings. The third kappa shape index (κ3) is 3.90. The monoisotopic (exact) mass is 602 g/mol. The van der Waals surface area contributed by atoms with Gasteiger partial charge in [-0.15, -0.1) is 0 Å². The van der Waals surface area contributed by atoms with E-state index in [0.29, 0.717) is 0 Å². The van der Waals surface area contributed by atoms with Gasteiger partial charge in [-0.25, -0.2) is 0 Å². The van der Waals surface area contributed by atoms with Crippen LogP contribution < -0.4 is 30.9 Å². The van der Waals surface area contributed by atoms with E-state index in [0.717, 1.165) is 67.3 Å². The molecule has 3 heterocycles. The molecule has 47 heavy (non-hydrogen) atoms. The van der Waals surface area contributed by atoms with Crippen LogP contribution in [-0.4, -0.2) is 6.71 Å². The second kappa shape index (κ2) is 10.2. The fraction of sp³-hybridized carbons (Fsp3) is 0. The number of para-hydroxylation sites is 5. The Morgan fingerprint density at radius 2 is 1.15 bits per heavy atom. The summed E-state index contributed by atoms with van der Waals surface area (Å²) in [6, 6.07) is 57.5. The molecule has 2 aliphatic heterocycles. The molecular formula is C42H27BN2O2. The minimum Gasteiger partial charge on any atom is -0.454 e. The Morgan fingerprint density at radius 1 is 0.511 bits per heavy atom. The molecule has 0 spiro atoms. The maximum atomic E-state index is 6.86. The molecule has 8 aromatic rings. The van der Waals surface area contributed by atoms with Crippen molar-refractivity contribution in [3.05, 3.63) is 164 Å². The number of fused-ring (bicyclic) bond motifs is 8. The van der Waals surface area contributed by atoms with E-state index in [-0.39, 0.29) is 6.71 Å². The number of hydrogen-bond acceptors (Lipinski definition) is 4. The van der Waals surface area contributed by atoms with Crippen LogP contribution in [0.2, 0.25) is 0 Å². The summed E-state index contributed by atoms with van der Waals surface area (Å²) >= 11 is 0. The molecule has 4 nitrogen and oxygen atoms in total. The highest BCUT2D eigenvalue weighted by atomic mass is 16.5. The molecule has 0 unspecified atom stereocenters. The van der Waals surface area contributed by atoms with Gasteiger partial charge in [0, 0.05) is 56.4 Å². The van der Waals surface area contributed by atoms with E-state index in [1.807, 2.05) is 18.2 Å². The van der Waals surface area contributed by atoms with Crippen LogP contribution in [0.4, 0.5) is 34.1 Å². The Bertz CT molecular complexity index is 2420. The second-order valence-corrected chi connectivity index (χ2v) is 12.1. The Hall–Kier alpha value is -6.20. The molecule has 220 valence electrons. The Labute approximate surface area is 272 Å². The van der Waals surface area contributed by atoms with Crippen molar-refractivity contribution in [2.45, 2.75) is 0 Å². The van der Waals surface area contributed by atoms with Crippen molar-refractivity contribution < 1.29 is 9.15 Å². The number of ether oxygens (including phenoxy) is 1. The van der Waals surface area contributed by atoms with Crippen LogP contribution in [0.5, 0.6) is 11.5 Å². The fourth-order valence-electron chi connectivity index (χ4n) is 7.50. The minimum absolute atomic E-state index is 0.0148. The lowest BCUT2D eigenvalue weighted by Gasteiger charge is -2.39. The van der Waals surface area contributed by atoms with Crippen molar-refractivity contribution in [3.8, 4) is 11.5 Å². The lowest BCUT2D eigenvalue weighted by Crippen LogP contribution is -2.59. The van der Waals surface area contributed by atoms with Gasteiger partial charge in [0.05, 0.1) is 0 Å². The van der Waals surface area contributed by atoms with Gasteiger partial charge in [-0.1, -0.05) is 91.0 Å². The molecular weight excluding hydrogens is 575 g/mol. The molecule has 0 atom stereocenters.